The standard InChI is InChI=1S/C34H42Br2N6O4/c1-38-12-9-25(10-13-38)39-15-17-40(18-16-39)32(43)27(19-23-7-8-28(35)29(36)20-23)31-21-26(11-14-41(31)34(45)46)42-22-30(37-33(42)44)24-5-3-2-4-6-24/h2-8,20,22,25-27,31H,9-19,21H2,1H3,(H,37,44)(H,45,46)/t26?,27?,31-/m1/s1. The molecule has 12 heteroatoms. The van der Waals surface area contributed by atoms with Crippen molar-refractivity contribution in [1.82, 2.24) is 29.2 Å². The van der Waals surface area contributed by atoms with Gasteiger partial charge in [0.2, 0.25) is 5.91 Å². The summed E-state index contributed by atoms with van der Waals surface area (Å²) in [6, 6.07) is 15.3. The number of imidazole rings is 1. The van der Waals surface area contributed by atoms with Gasteiger partial charge in [-0.3, -0.25) is 14.3 Å². The molecule has 2 N–H and O–H groups in total. The summed E-state index contributed by atoms with van der Waals surface area (Å²) in [6.07, 6.45) is 4.37. The molecule has 2 amide bonds. The van der Waals surface area contributed by atoms with Crippen molar-refractivity contribution in [3.05, 3.63) is 79.7 Å². The van der Waals surface area contributed by atoms with Crippen molar-refractivity contribution in [2.45, 2.75) is 50.2 Å². The van der Waals surface area contributed by atoms with Crippen LogP contribution in [0.5, 0.6) is 0 Å². The van der Waals surface area contributed by atoms with E-state index in [1.54, 1.807) is 4.57 Å². The summed E-state index contributed by atoms with van der Waals surface area (Å²) < 4.78 is 3.49. The number of hydrogen-bond acceptors (Lipinski definition) is 5. The van der Waals surface area contributed by atoms with Gasteiger partial charge in [0.1, 0.15) is 0 Å². The number of piperazine rings is 1. The Morgan fingerprint density at radius 3 is 2.28 bits per heavy atom. The summed E-state index contributed by atoms with van der Waals surface area (Å²) in [5, 5.41) is 10.4. The third-order valence-corrected chi connectivity index (χ3v) is 12.0. The molecular formula is C34H42Br2N6O4. The van der Waals surface area contributed by atoms with Crippen LogP contribution < -0.4 is 5.69 Å². The Morgan fingerprint density at radius 2 is 1.61 bits per heavy atom. The maximum absolute atomic E-state index is 14.5. The second-order valence-electron chi connectivity index (χ2n) is 12.9. The molecule has 246 valence electrons. The number of carbonyl (C=O) groups excluding carboxylic acids is 1. The number of H-pyrrole nitrogens is 1. The minimum atomic E-state index is -1.03. The van der Waals surface area contributed by atoms with Gasteiger partial charge in [0.05, 0.1) is 11.6 Å². The molecule has 3 aliphatic rings. The van der Waals surface area contributed by atoms with Gasteiger partial charge < -0.3 is 24.8 Å². The first-order chi connectivity index (χ1) is 22.2. The molecule has 6 rings (SSSR count). The average Bonchev–Trinajstić information content (AvgIpc) is 3.47. The smallest absolute Gasteiger partial charge is 0.407 e. The van der Waals surface area contributed by atoms with Crippen LogP contribution in [0.2, 0.25) is 0 Å². The number of amides is 2. The van der Waals surface area contributed by atoms with Crippen molar-refractivity contribution in [3.63, 3.8) is 0 Å². The predicted molar refractivity (Wildman–Crippen MR) is 185 cm³/mol. The highest BCUT2D eigenvalue weighted by Gasteiger charge is 2.43. The van der Waals surface area contributed by atoms with Crippen molar-refractivity contribution >= 4 is 43.9 Å². The van der Waals surface area contributed by atoms with E-state index in [2.05, 4.69) is 53.7 Å². The Balaban J connectivity index is 1.26. The predicted octanol–water partition coefficient (Wildman–Crippen LogP) is 5.15. The molecule has 0 saturated carbocycles. The number of carbonyl (C=O) groups is 2. The minimum absolute atomic E-state index is 0.00893. The van der Waals surface area contributed by atoms with E-state index >= 15 is 0 Å². The molecule has 0 radical (unpaired) electrons. The number of aromatic amines is 1. The van der Waals surface area contributed by atoms with Crippen molar-refractivity contribution < 1.29 is 14.7 Å². The van der Waals surface area contributed by atoms with Crippen molar-refractivity contribution in [1.29, 1.82) is 0 Å². The van der Waals surface area contributed by atoms with Crippen LogP contribution in [0.3, 0.4) is 0 Å². The fourth-order valence-corrected chi connectivity index (χ4v) is 8.18. The number of carboxylic acid groups (broad SMARTS) is 1. The number of aromatic nitrogens is 2. The van der Waals surface area contributed by atoms with E-state index < -0.39 is 18.1 Å². The van der Waals surface area contributed by atoms with Gasteiger partial charge in [0, 0.05) is 66.0 Å². The van der Waals surface area contributed by atoms with Gasteiger partial charge in [-0.15, -0.1) is 0 Å². The zero-order chi connectivity index (χ0) is 32.4. The van der Waals surface area contributed by atoms with E-state index in [0.29, 0.717) is 38.4 Å². The molecule has 0 aliphatic carbocycles. The molecular weight excluding hydrogens is 716 g/mol. The Bertz CT molecular complexity index is 1580. The molecule has 0 spiro atoms. The molecule has 4 heterocycles. The quantitative estimate of drug-likeness (QED) is 0.346. The number of hydrogen-bond donors (Lipinski definition) is 2. The van der Waals surface area contributed by atoms with Gasteiger partial charge in [0.25, 0.3) is 0 Å². The molecule has 1 aromatic heterocycles. The average molecular weight is 759 g/mol. The number of rotatable bonds is 7. The van der Waals surface area contributed by atoms with Crippen LogP contribution in [0, 0.1) is 5.92 Å². The highest BCUT2D eigenvalue weighted by molar-refractivity contribution is 9.13. The second kappa shape index (κ2) is 14.5. The molecule has 3 atom stereocenters. The lowest BCUT2D eigenvalue weighted by atomic mass is 9.83. The van der Waals surface area contributed by atoms with Crippen molar-refractivity contribution in [2.75, 3.05) is 52.9 Å². The Hall–Kier alpha value is -2.93. The van der Waals surface area contributed by atoms with E-state index in [0.717, 1.165) is 64.8 Å². The van der Waals surface area contributed by atoms with Crippen LogP contribution >= 0.6 is 31.9 Å². The first kappa shape index (κ1) is 33.0. The zero-order valence-corrected chi connectivity index (χ0v) is 29.3. The van der Waals surface area contributed by atoms with Gasteiger partial charge >= 0.3 is 11.8 Å². The van der Waals surface area contributed by atoms with Crippen molar-refractivity contribution in [2.24, 2.45) is 5.92 Å². The summed E-state index contributed by atoms with van der Waals surface area (Å²) in [6.45, 7) is 5.36. The van der Waals surface area contributed by atoms with Crippen LogP contribution in [-0.4, -0.2) is 111 Å². The van der Waals surface area contributed by atoms with Crippen LogP contribution in [0.1, 0.15) is 37.3 Å². The first-order valence-electron chi connectivity index (χ1n) is 16.2. The van der Waals surface area contributed by atoms with Crippen LogP contribution in [-0.2, 0) is 11.2 Å². The second-order valence-corrected chi connectivity index (χ2v) is 14.6. The van der Waals surface area contributed by atoms with Crippen LogP contribution in [0.4, 0.5) is 4.79 Å². The lowest BCUT2D eigenvalue weighted by Gasteiger charge is -2.45. The molecule has 3 aromatic rings. The van der Waals surface area contributed by atoms with E-state index in [9.17, 15) is 19.5 Å². The van der Waals surface area contributed by atoms with Gasteiger partial charge in [-0.25, -0.2) is 9.59 Å². The number of likely N-dealkylation sites (tertiary alicyclic amines) is 2. The summed E-state index contributed by atoms with van der Waals surface area (Å²) in [5.74, 6) is -0.601. The summed E-state index contributed by atoms with van der Waals surface area (Å²) in [4.78, 5) is 51.7. The molecule has 3 fully saturated rings. The van der Waals surface area contributed by atoms with Crippen LogP contribution in [0.15, 0.2) is 68.5 Å². The third kappa shape index (κ3) is 7.30. The van der Waals surface area contributed by atoms with Gasteiger partial charge in [0.15, 0.2) is 0 Å². The Morgan fingerprint density at radius 1 is 0.913 bits per heavy atom. The number of nitrogens with one attached hydrogen (secondary N) is 1. The monoisotopic (exact) mass is 756 g/mol. The van der Waals surface area contributed by atoms with E-state index in [-0.39, 0.29) is 24.2 Å². The number of halogens is 2. The molecule has 3 saturated heterocycles. The summed E-state index contributed by atoms with van der Waals surface area (Å²) in [7, 11) is 2.17. The molecule has 10 nitrogen and oxygen atoms in total. The SMILES string of the molecule is CN1CCC(N2CCN(C(=O)C(Cc3ccc(Br)c(Br)c3)[C@H]3CC(n4cc(-c5ccccc5)[nH]c4=O)CCN3C(=O)O)CC2)CC1. The topological polar surface area (TPSA) is 105 Å². The highest BCUT2D eigenvalue weighted by Crippen LogP contribution is 2.35. The minimum Gasteiger partial charge on any atom is -0.465 e. The van der Waals surface area contributed by atoms with E-state index in [1.807, 2.05) is 59.6 Å². The van der Waals surface area contributed by atoms with Crippen LogP contribution in [0.25, 0.3) is 11.3 Å². The number of benzene rings is 2. The Kier molecular flexibility index (Phi) is 10.4. The third-order valence-electron chi connectivity index (χ3n) is 10.1. The van der Waals surface area contributed by atoms with Crippen molar-refractivity contribution in [3.8, 4) is 11.3 Å². The molecule has 46 heavy (non-hydrogen) atoms. The lowest BCUT2D eigenvalue weighted by Crippen LogP contribution is -2.58. The number of piperidine rings is 2. The fourth-order valence-electron chi connectivity index (χ4n) is 7.51. The van der Waals surface area contributed by atoms with Gasteiger partial charge in [-0.1, -0.05) is 36.4 Å². The summed E-state index contributed by atoms with van der Waals surface area (Å²) in [5.41, 5.74) is 2.36. The molecule has 0 bridgehead atoms. The Labute approximate surface area is 286 Å². The maximum atomic E-state index is 14.5. The largest absolute Gasteiger partial charge is 0.465 e. The van der Waals surface area contributed by atoms with E-state index in [1.165, 1.54) is 4.90 Å². The normalized spacial score (nSPS) is 22.6. The zero-order valence-electron chi connectivity index (χ0n) is 26.2. The maximum Gasteiger partial charge on any atom is 0.407 e. The van der Waals surface area contributed by atoms with Gasteiger partial charge in [-0.2, -0.15) is 0 Å². The van der Waals surface area contributed by atoms with Gasteiger partial charge in [-0.05, 0) is 107 Å². The highest BCUT2D eigenvalue weighted by atomic mass is 79.9. The summed E-state index contributed by atoms with van der Waals surface area (Å²) >= 11 is 7.14. The van der Waals surface area contributed by atoms with E-state index in [4.69, 9.17) is 0 Å². The lowest BCUT2D eigenvalue weighted by molar-refractivity contribution is -0.140. The fraction of sp³-hybridized carbons (Fsp3) is 0.500. The molecule has 2 aromatic carbocycles. The first-order valence-corrected chi connectivity index (χ1v) is 17.8. The molecule has 3 aliphatic heterocycles. The number of nitrogens with zero attached hydrogens (tertiary/aromatic N) is 5. The molecule has 2 unspecified atom stereocenters.